The molecule has 0 fully saturated rings. The van der Waals surface area contributed by atoms with Crippen LogP contribution < -0.4 is 5.73 Å². The van der Waals surface area contributed by atoms with E-state index in [4.69, 9.17) is 5.73 Å². The van der Waals surface area contributed by atoms with Gasteiger partial charge in [0, 0.05) is 0 Å². The van der Waals surface area contributed by atoms with Crippen LogP contribution >= 0.6 is 0 Å². The quantitative estimate of drug-likeness (QED) is 0.593. The van der Waals surface area contributed by atoms with Gasteiger partial charge >= 0.3 is 5.97 Å². The van der Waals surface area contributed by atoms with Crippen molar-refractivity contribution < 1.29 is 9.53 Å². The van der Waals surface area contributed by atoms with E-state index in [9.17, 15) is 4.79 Å². The van der Waals surface area contributed by atoms with Gasteiger partial charge in [0.15, 0.2) is 0 Å². The number of benzene rings is 1. The average molecular weight is 164 g/mol. The van der Waals surface area contributed by atoms with E-state index >= 15 is 0 Å². The van der Waals surface area contributed by atoms with Crippen molar-refractivity contribution in [3.63, 3.8) is 0 Å². The fourth-order valence-electron chi connectivity index (χ4n) is 0.948. The molecule has 0 aliphatic heterocycles. The van der Waals surface area contributed by atoms with Crippen LogP contribution in [-0.4, -0.2) is 13.1 Å². The van der Waals surface area contributed by atoms with E-state index in [-0.39, 0.29) is 5.69 Å². The molecule has 1 rings (SSSR count). The number of nitrogens with one attached hydrogen (secondary N) is 1. The number of methoxy groups -OCH3 is 1. The number of hydrogen-bond acceptors (Lipinski definition) is 2. The van der Waals surface area contributed by atoms with Crippen LogP contribution in [0.4, 0.5) is 5.69 Å². The van der Waals surface area contributed by atoms with E-state index in [1.165, 1.54) is 7.11 Å². The first-order valence-electron chi connectivity index (χ1n) is 3.56. The Hall–Kier alpha value is -1.51. The second-order valence-corrected chi connectivity index (χ2v) is 2.49. The summed E-state index contributed by atoms with van der Waals surface area (Å²) in [4.78, 5) is 11.0. The van der Waals surface area contributed by atoms with Gasteiger partial charge < -0.3 is 4.74 Å². The van der Waals surface area contributed by atoms with Gasteiger partial charge in [0.25, 0.3) is 0 Å². The molecule has 0 aliphatic rings. The number of carbonyl (C=O) groups excluding carboxylic acids is 1. The summed E-state index contributed by atoms with van der Waals surface area (Å²) in [5, 5.41) is 0. The summed E-state index contributed by atoms with van der Waals surface area (Å²) in [5.74, 6) is -0.455. The Kier molecular flexibility index (Phi) is 2.33. The fourth-order valence-corrected chi connectivity index (χ4v) is 0.948. The molecule has 0 bridgehead atoms. The molecular formula is C9H10NO2. The second kappa shape index (κ2) is 3.26. The standard InChI is InChI=1S/C9H10NO2/c1-6-4-3-5-7(8(6)10)9(11)12-2/h3-5,10H,1-2H3. The minimum Gasteiger partial charge on any atom is -0.465 e. The Morgan fingerprint density at radius 2 is 2.17 bits per heavy atom. The van der Waals surface area contributed by atoms with Gasteiger partial charge in [-0.1, -0.05) is 12.1 Å². The van der Waals surface area contributed by atoms with Gasteiger partial charge in [-0.25, -0.2) is 4.79 Å². The minimum atomic E-state index is -0.455. The predicted molar refractivity (Wildman–Crippen MR) is 45.3 cm³/mol. The molecule has 0 saturated heterocycles. The number of esters is 1. The molecule has 0 aromatic heterocycles. The fraction of sp³-hybridized carbons (Fsp3) is 0.222. The Labute approximate surface area is 71.1 Å². The molecule has 1 aromatic rings. The van der Waals surface area contributed by atoms with Crippen molar-refractivity contribution in [3.05, 3.63) is 29.3 Å². The van der Waals surface area contributed by atoms with Crippen LogP contribution in [0.25, 0.3) is 0 Å². The van der Waals surface area contributed by atoms with Crippen molar-refractivity contribution in [1.29, 1.82) is 0 Å². The second-order valence-electron chi connectivity index (χ2n) is 2.49. The highest BCUT2D eigenvalue weighted by Crippen LogP contribution is 2.18. The van der Waals surface area contributed by atoms with Gasteiger partial charge in [-0.05, 0) is 18.6 Å². The van der Waals surface area contributed by atoms with Crippen molar-refractivity contribution in [2.75, 3.05) is 7.11 Å². The Morgan fingerprint density at radius 3 is 2.75 bits per heavy atom. The van der Waals surface area contributed by atoms with Crippen LogP contribution in [0.5, 0.6) is 0 Å². The maximum Gasteiger partial charge on any atom is 0.340 e. The molecule has 0 aliphatic carbocycles. The average Bonchev–Trinajstić information content (AvgIpc) is 2.08. The Balaban J connectivity index is 3.16. The summed E-state index contributed by atoms with van der Waals surface area (Å²) in [6.45, 7) is 1.79. The summed E-state index contributed by atoms with van der Waals surface area (Å²) in [7, 11) is 1.31. The smallest absolute Gasteiger partial charge is 0.340 e. The zero-order chi connectivity index (χ0) is 9.14. The van der Waals surface area contributed by atoms with Crippen LogP contribution in [-0.2, 0) is 4.74 Å². The molecule has 0 atom stereocenters. The van der Waals surface area contributed by atoms with Gasteiger partial charge in [-0.3, -0.25) is 5.73 Å². The highest BCUT2D eigenvalue weighted by molar-refractivity contribution is 5.95. The molecule has 3 nitrogen and oxygen atoms in total. The molecule has 1 N–H and O–H groups in total. The lowest BCUT2D eigenvalue weighted by atomic mass is 10.1. The minimum absolute atomic E-state index is 0.240. The van der Waals surface area contributed by atoms with Crippen molar-refractivity contribution in [2.45, 2.75) is 6.92 Å². The number of rotatable bonds is 1. The van der Waals surface area contributed by atoms with Gasteiger partial charge in [-0.2, -0.15) is 0 Å². The van der Waals surface area contributed by atoms with Crippen LogP contribution in [0.1, 0.15) is 15.9 Å². The zero-order valence-electron chi connectivity index (χ0n) is 7.05. The summed E-state index contributed by atoms with van der Waals surface area (Å²) >= 11 is 0. The first-order valence-corrected chi connectivity index (χ1v) is 3.56. The Morgan fingerprint density at radius 1 is 1.50 bits per heavy atom. The lowest BCUT2D eigenvalue weighted by Crippen LogP contribution is -2.02. The number of carbonyl (C=O) groups is 1. The van der Waals surface area contributed by atoms with E-state index in [0.717, 1.165) is 5.56 Å². The van der Waals surface area contributed by atoms with E-state index in [0.29, 0.717) is 5.56 Å². The van der Waals surface area contributed by atoms with E-state index in [2.05, 4.69) is 4.74 Å². The summed E-state index contributed by atoms with van der Waals surface area (Å²) < 4.78 is 4.51. The third-order valence-electron chi connectivity index (χ3n) is 1.68. The molecule has 0 heterocycles. The van der Waals surface area contributed by atoms with Crippen LogP contribution in [0.15, 0.2) is 18.2 Å². The van der Waals surface area contributed by atoms with Gasteiger partial charge in [0.05, 0.1) is 18.4 Å². The SMILES string of the molecule is COC(=O)c1cccc(C)c1[NH]. The molecule has 1 radical (unpaired) electrons. The van der Waals surface area contributed by atoms with Gasteiger partial charge in [-0.15, -0.1) is 0 Å². The topological polar surface area (TPSA) is 50.1 Å². The van der Waals surface area contributed by atoms with Crippen molar-refractivity contribution in [1.82, 2.24) is 5.73 Å². The van der Waals surface area contributed by atoms with Crippen molar-refractivity contribution in [3.8, 4) is 0 Å². The van der Waals surface area contributed by atoms with E-state index < -0.39 is 5.97 Å². The van der Waals surface area contributed by atoms with Crippen LogP contribution in [0.2, 0.25) is 0 Å². The monoisotopic (exact) mass is 164 g/mol. The third-order valence-corrected chi connectivity index (χ3v) is 1.68. The molecule has 12 heavy (non-hydrogen) atoms. The molecular weight excluding hydrogens is 154 g/mol. The maximum atomic E-state index is 11.0. The van der Waals surface area contributed by atoms with Gasteiger partial charge in [0.1, 0.15) is 0 Å². The zero-order valence-corrected chi connectivity index (χ0v) is 7.05. The first-order chi connectivity index (χ1) is 5.66. The number of aryl methyl sites for hydroxylation is 1. The normalized spacial score (nSPS) is 9.50. The van der Waals surface area contributed by atoms with Gasteiger partial charge in [0.2, 0.25) is 0 Å². The highest BCUT2D eigenvalue weighted by Gasteiger charge is 2.10. The molecule has 0 spiro atoms. The first kappa shape index (κ1) is 8.59. The summed E-state index contributed by atoms with van der Waals surface area (Å²) in [6.07, 6.45) is 0. The van der Waals surface area contributed by atoms with E-state index in [1.807, 2.05) is 0 Å². The molecule has 0 amide bonds. The number of hydrogen-bond donors (Lipinski definition) is 0. The van der Waals surface area contributed by atoms with Crippen molar-refractivity contribution in [2.24, 2.45) is 0 Å². The van der Waals surface area contributed by atoms with Crippen LogP contribution in [0, 0.1) is 6.92 Å². The lowest BCUT2D eigenvalue weighted by molar-refractivity contribution is 0.0601. The Bertz CT molecular complexity index is 307. The summed E-state index contributed by atoms with van der Waals surface area (Å²) in [5.41, 5.74) is 8.86. The molecule has 3 heteroatoms. The molecule has 0 saturated carbocycles. The van der Waals surface area contributed by atoms with Crippen molar-refractivity contribution >= 4 is 11.7 Å². The third kappa shape index (κ3) is 1.39. The highest BCUT2D eigenvalue weighted by atomic mass is 16.5. The molecule has 0 unspecified atom stereocenters. The maximum absolute atomic E-state index is 11.0. The summed E-state index contributed by atoms with van der Waals surface area (Å²) in [6, 6.07) is 5.11. The van der Waals surface area contributed by atoms with Crippen LogP contribution in [0.3, 0.4) is 0 Å². The lowest BCUT2D eigenvalue weighted by Gasteiger charge is -2.03. The van der Waals surface area contributed by atoms with E-state index in [1.54, 1.807) is 25.1 Å². The molecule has 63 valence electrons. The predicted octanol–water partition coefficient (Wildman–Crippen LogP) is 1.70. The number of ether oxygens (including phenoxy) is 1. The molecule has 1 aromatic carbocycles. The largest absolute Gasteiger partial charge is 0.465 e.